The number of ether oxygens (including phenoxy) is 1. The predicted octanol–water partition coefficient (Wildman–Crippen LogP) is 4.00. The summed E-state index contributed by atoms with van der Waals surface area (Å²) in [5.41, 5.74) is 3.57. The van der Waals surface area contributed by atoms with Gasteiger partial charge < -0.3 is 9.14 Å². The van der Waals surface area contributed by atoms with Gasteiger partial charge in [0.05, 0.1) is 12.6 Å². The van der Waals surface area contributed by atoms with Gasteiger partial charge >= 0.3 is 0 Å². The highest BCUT2D eigenvalue weighted by molar-refractivity contribution is 9.10. The minimum absolute atomic E-state index is 0.792. The van der Waals surface area contributed by atoms with Crippen LogP contribution in [-0.4, -0.2) is 16.5 Å². The van der Waals surface area contributed by atoms with Crippen molar-refractivity contribution in [2.75, 3.05) is 7.11 Å². The number of hydrogen-bond donors (Lipinski definition) is 0. The number of methoxy groups -OCH3 is 1. The van der Waals surface area contributed by atoms with Crippen LogP contribution in [0.2, 0.25) is 0 Å². The second kappa shape index (κ2) is 5.29. The summed E-state index contributed by atoms with van der Waals surface area (Å²) in [4.78, 5) is 4.64. The number of pyridine rings is 1. The number of rotatable bonds is 3. The van der Waals surface area contributed by atoms with Gasteiger partial charge in [-0.1, -0.05) is 18.2 Å². The van der Waals surface area contributed by atoms with Crippen molar-refractivity contribution in [3.8, 4) is 5.75 Å². The Bertz CT molecular complexity index is 747. The highest BCUT2D eigenvalue weighted by Gasteiger charge is 2.11. The van der Waals surface area contributed by atoms with Gasteiger partial charge in [0.1, 0.15) is 16.2 Å². The van der Waals surface area contributed by atoms with E-state index in [9.17, 15) is 0 Å². The molecule has 0 amide bonds. The van der Waals surface area contributed by atoms with Crippen LogP contribution in [-0.2, 0) is 6.42 Å². The fourth-order valence-electron chi connectivity index (χ4n) is 2.36. The second-order valence-electron chi connectivity index (χ2n) is 4.75. The fraction of sp³-hybridized carbons (Fsp3) is 0.188. The maximum absolute atomic E-state index is 5.18. The van der Waals surface area contributed by atoms with Gasteiger partial charge in [-0.2, -0.15) is 0 Å². The van der Waals surface area contributed by atoms with E-state index in [4.69, 9.17) is 4.74 Å². The smallest absolute Gasteiger partial charge is 0.132 e. The van der Waals surface area contributed by atoms with Crippen LogP contribution >= 0.6 is 15.9 Å². The lowest BCUT2D eigenvalue weighted by molar-refractivity contribution is 0.414. The molecule has 4 heteroatoms. The molecule has 3 rings (SSSR count). The minimum atomic E-state index is 0.792. The van der Waals surface area contributed by atoms with E-state index in [1.165, 1.54) is 11.1 Å². The zero-order chi connectivity index (χ0) is 14.1. The molecular formula is C16H15BrN2O. The number of fused-ring (bicyclic) bond motifs is 1. The molecule has 0 aliphatic carbocycles. The number of hydrogen-bond acceptors (Lipinski definition) is 2. The van der Waals surface area contributed by atoms with Crippen molar-refractivity contribution < 1.29 is 4.74 Å². The Kier molecular flexibility index (Phi) is 3.49. The Balaban J connectivity index is 2.00. The third kappa shape index (κ3) is 2.31. The first-order valence-corrected chi connectivity index (χ1v) is 7.23. The second-order valence-corrected chi connectivity index (χ2v) is 5.50. The molecule has 3 aromatic rings. The minimum Gasteiger partial charge on any atom is -0.497 e. The third-order valence-corrected chi connectivity index (χ3v) is 3.97. The quantitative estimate of drug-likeness (QED) is 0.725. The van der Waals surface area contributed by atoms with E-state index in [-0.39, 0.29) is 0 Å². The predicted molar refractivity (Wildman–Crippen MR) is 83.4 cm³/mol. The summed E-state index contributed by atoms with van der Waals surface area (Å²) in [7, 11) is 1.68. The molecule has 0 spiro atoms. The van der Waals surface area contributed by atoms with E-state index in [2.05, 4.69) is 56.6 Å². The zero-order valence-electron chi connectivity index (χ0n) is 11.4. The molecule has 0 unspecified atom stereocenters. The molecule has 1 aromatic carbocycles. The van der Waals surface area contributed by atoms with Crippen molar-refractivity contribution in [2.45, 2.75) is 13.3 Å². The first-order chi connectivity index (χ1) is 9.69. The number of nitrogens with zero attached hydrogens (tertiary/aromatic N) is 2. The van der Waals surface area contributed by atoms with Gasteiger partial charge in [-0.05, 0) is 52.2 Å². The average molecular weight is 331 g/mol. The van der Waals surface area contributed by atoms with E-state index in [1.54, 1.807) is 7.11 Å². The average Bonchev–Trinajstić information content (AvgIpc) is 2.77. The lowest BCUT2D eigenvalue weighted by atomic mass is 10.1. The molecule has 20 heavy (non-hydrogen) atoms. The molecule has 0 aliphatic heterocycles. The number of benzene rings is 1. The van der Waals surface area contributed by atoms with Crippen LogP contribution in [0.25, 0.3) is 5.52 Å². The molecule has 0 saturated heterocycles. The molecule has 0 radical (unpaired) electrons. The normalized spacial score (nSPS) is 10.9. The SMILES string of the molecule is COc1ccc(Cc2nc(Br)c3c(C)cccn23)cc1. The summed E-state index contributed by atoms with van der Waals surface area (Å²) in [5.74, 6) is 1.90. The van der Waals surface area contributed by atoms with E-state index in [1.807, 2.05) is 18.2 Å². The van der Waals surface area contributed by atoms with Crippen LogP contribution in [0.1, 0.15) is 17.0 Å². The number of aromatic nitrogens is 2. The maximum Gasteiger partial charge on any atom is 0.132 e. The topological polar surface area (TPSA) is 26.5 Å². The molecule has 2 heterocycles. The summed E-state index contributed by atoms with van der Waals surface area (Å²) in [6, 6.07) is 12.2. The van der Waals surface area contributed by atoms with Crippen molar-refractivity contribution in [3.05, 3.63) is 64.1 Å². The molecule has 0 N–H and O–H groups in total. The van der Waals surface area contributed by atoms with Crippen molar-refractivity contribution in [2.24, 2.45) is 0 Å². The van der Waals surface area contributed by atoms with Crippen LogP contribution in [0.4, 0.5) is 0 Å². The first kappa shape index (κ1) is 13.2. The molecular weight excluding hydrogens is 316 g/mol. The summed E-state index contributed by atoms with van der Waals surface area (Å²) in [6.45, 7) is 2.10. The molecule has 102 valence electrons. The molecule has 3 nitrogen and oxygen atoms in total. The lowest BCUT2D eigenvalue weighted by Gasteiger charge is -2.04. The van der Waals surface area contributed by atoms with Crippen LogP contribution in [0, 0.1) is 6.92 Å². The monoisotopic (exact) mass is 330 g/mol. The molecule has 0 saturated carbocycles. The summed E-state index contributed by atoms with van der Waals surface area (Å²) >= 11 is 3.55. The zero-order valence-corrected chi connectivity index (χ0v) is 13.0. The van der Waals surface area contributed by atoms with Gasteiger partial charge in [0.25, 0.3) is 0 Å². The van der Waals surface area contributed by atoms with Crippen molar-refractivity contribution in [3.63, 3.8) is 0 Å². The Labute approximate surface area is 126 Å². The Hall–Kier alpha value is -1.81. The van der Waals surface area contributed by atoms with Gasteiger partial charge in [0.2, 0.25) is 0 Å². The lowest BCUT2D eigenvalue weighted by Crippen LogP contribution is -1.96. The highest BCUT2D eigenvalue weighted by atomic mass is 79.9. The van der Waals surface area contributed by atoms with E-state index in [0.717, 1.165) is 28.1 Å². The summed E-state index contributed by atoms with van der Waals surface area (Å²) in [6.07, 6.45) is 2.85. The largest absolute Gasteiger partial charge is 0.497 e. The molecule has 0 fully saturated rings. The van der Waals surface area contributed by atoms with Gasteiger partial charge in [-0.15, -0.1) is 0 Å². The molecule has 2 aromatic heterocycles. The van der Waals surface area contributed by atoms with Gasteiger partial charge in [0, 0.05) is 12.6 Å². The van der Waals surface area contributed by atoms with E-state index >= 15 is 0 Å². The number of aryl methyl sites for hydroxylation is 1. The van der Waals surface area contributed by atoms with Crippen LogP contribution in [0.15, 0.2) is 47.2 Å². The fourth-order valence-corrected chi connectivity index (χ4v) is 3.07. The molecule has 0 bridgehead atoms. The maximum atomic E-state index is 5.18. The van der Waals surface area contributed by atoms with Crippen LogP contribution in [0.3, 0.4) is 0 Å². The van der Waals surface area contributed by atoms with Gasteiger partial charge in [-0.25, -0.2) is 4.98 Å². The Morgan fingerprint density at radius 1 is 1.20 bits per heavy atom. The van der Waals surface area contributed by atoms with Crippen LogP contribution < -0.4 is 4.74 Å². The van der Waals surface area contributed by atoms with Crippen molar-refractivity contribution in [1.82, 2.24) is 9.38 Å². The number of halogens is 1. The summed E-state index contributed by atoms with van der Waals surface area (Å²) in [5, 5.41) is 0. The Morgan fingerprint density at radius 2 is 1.95 bits per heavy atom. The third-order valence-electron chi connectivity index (χ3n) is 3.42. The van der Waals surface area contributed by atoms with Crippen molar-refractivity contribution in [1.29, 1.82) is 0 Å². The Morgan fingerprint density at radius 3 is 2.65 bits per heavy atom. The standard InChI is InChI=1S/C16H15BrN2O/c1-11-4-3-9-19-14(18-16(17)15(11)19)10-12-5-7-13(20-2)8-6-12/h3-9H,10H2,1-2H3. The number of imidazole rings is 1. The van der Waals surface area contributed by atoms with E-state index in [0.29, 0.717) is 0 Å². The van der Waals surface area contributed by atoms with Gasteiger partial charge in [0.15, 0.2) is 0 Å². The molecule has 0 atom stereocenters. The summed E-state index contributed by atoms with van der Waals surface area (Å²) < 4.78 is 8.23. The first-order valence-electron chi connectivity index (χ1n) is 6.44. The van der Waals surface area contributed by atoms with E-state index < -0.39 is 0 Å². The molecule has 0 aliphatic rings. The van der Waals surface area contributed by atoms with Crippen LogP contribution in [0.5, 0.6) is 5.75 Å². The van der Waals surface area contributed by atoms with Crippen molar-refractivity contribution >= 4 is 21.4 Å². The van der Waals surface area contributed by atoms with Gasteiger partial charge in [-0.3, -0.25) is 0 Å². The highest BCUT2D eigenvalue weighted by Crippen LogP contribution is 2.24.